The third-order valence-corrected chi connectivity index (χ3v) is 4.48. The SMILES string of the molecule is CN=C(NCCN1C(=O)CNC1=O)NC1CN(C(C)C)CC1C. The van der Waals surface area contributed by atoms with E-state index in [4.69, 9.17) is 0 Å². The number of guanidine groups is 1. The van der Waals surface area contributed by atoms with E-state index in [9.17, 15) is 9.59 Å². The lowest BCUT2D eigenvalue weighted by molar-refractivity contribution is -0.124. The average molecular weight is 324 g/mol. The van der Waals surface area contributed by atoms with Crippen molar-refractivity contribution in [2.24, 2.45) is 10.9 Å². The first-order valence-electron chi connectivity index (χ1n) is 8.21. The molecule has 0 aromatic rings. The standard InChI is InChI=1S/C15H28N6O2/c1-10(2)20-8-11(3)12(9-20)19-14(16-4)17-5-6-21-13(22)7-18-15(21)23/h10-12H,5-9H2,1-4H3,(H,18,23)(H2,16,17,19). The molecule has 0 aliphatic carbocycles. The fraction of sp³-hybridized carbons (Fsp3) is 0.800. The Hall–Kier alpha value is -1.83. The molecule has 0 aromatic heterocycles. The first-order chi connectivity index (χ1) is 10.9. The van der Waals surface area contributed by atoms with E-state index in [1.54, 1.807) is 7.05 Å². The summed E-state index contributed by atoms with van der Waals surface area (Å²) >= 11 is 0. The first-order valence-corrected chi connectivity index (χ1v) is 8.21. The smallest absolute Gasteiger partial charge is 0.324 e. The number of carbonyl (C=O) groups excluding carboxylic acids is 2. The molecule has 2 atom stereocenters. The molecule has 0 saturated carbocycles. The summed E-state index contributed by atoms with van der Waals surface area (Å²) in [7, 11) is 1.73. The van der Waals surface area contributed by atoms with E-state index in [-0.39, 0.29) is 18.5 Å². The highest BCUT2D eigenvalue weighted by Crippen LogP contribution is 2.18. The first kappa shape index (κ1) is 17.5. The van der Waals surface area contributed by atoms with Gasteiger partial charge < -0.3 is 16.0 Å². The maximum Gasteiger partial charge on any atom is 0.324 e. The molecule has 0 spiro atoms. The number of nitrogens with one attached hydrogen (secondary N) is 3. The molecule has 2 fully saturated rings. The lowest BCUT2D eigenvalue weighted by Crippen LogP contribution is -2.48. The summed E-state index contributed by atoms with van der Waals surface area (Å²) in [4.78, 5) is 30.9. The topological polar surface area (TPSA) is 89.1 Å². The van der Waals surface area contributed by atoms with Crippen molar-refractivity contribution in [2.75, 3.05) is 39.8 Å². The molecule has 0 bridgehead atoms. The number of imide groups is 1. The fourth-order valence-electron chi connectivity index (χ4n) is 2.95. The van der Waals surface area contributed by atoms with Crippen LogP contribution in [-0.2, 0) is 4.79 Å². The van der Waals surface area contributed by atoms with E-state index in [0.717, 1.165) is 13.1 Å². The number of nitrogens with zero attached hydrogens (tertiary/aromatic N) is 3. The molecule has 3 N–H and O–H groups in total. The minimum atomic E-state index is -0.322. The van der Waals surface area contributed by atoms with Gasteiger partial charge in [-0.25, -0.2) is 4.79 Å². The highest BCUT2D eigenvalue weighted by molar-refractivity contribution is 6.01. The molecule has 8 heteroatoms. The van der Waals surface area contributed by atoms with E-state index < -0.39 is 0 Å². The second-order valence-corrected chi connectivity index (χ2v) is 6.48. The number of likely N-dealkylation sites (tertiary alicyclic amines) is 1. The largest absolute Gasteiger partial charge is 0.355 e. The van der Waals surface area contributed by atoms with Gasteiger partial charge in [0.05, 0.1) is 6.54 Å². The van der Waals surface area contributed by atoms with E-state index >= 15 is 0 Å². The van der Waals surface area contributed by atoms with Crippen LogP contribution in [0.25, 0.3) is 0 Å². The van der Waals surface area contributed by atoms with Gasteiger partial charge in [0, 0.05) is 45.3 Å². The van der Waals surface area contributed by atoms with Gasteiger partial charge in [-0.3, -0.25) is 19.6 Å². The number of rotatable bonds is 5. The Labute approximate surface area is 137 Å². The summed E-state index contributed by atoms with van der Waals surface area (Å²) in [5.41, 5.74) is 0. The van der Waals surface area contributed by atoms with Crippen LogP contribution < -0.4 is 16.0 Å². The lowest BCUT2D eigenvalue weighted by atomic mass is 10.1. The monoisotopic (exact) mass is 324 g/mol. The van der Waals surface area contributed by atoms with Crippen molar-refractivity contribution in [3.8, 4) is 0 Å². The van der Waals surface area contributed by atoms with Crippen LogP contribution in [0.5, 0.6) is 0 Å². The van der Waals surface area contributed by atoms with Crippen LogP contribution in [0.4, 0.5) is 4.79 Å². The zero-order valence-corrected chi connectivity index (χ0v) is 14.4. The summed E-state index contributed by atoms with van der Waals surface area (Å²) in [6, 6.07) is 0.566. The second kappa shape index (κ2) is 7.63. The molecule has 2 heterocycles. The maximum absolute atomic E-state index is 11.5. The number of hydrogen-bond acceptors (Lipinski definition) is 4. The van der Waals surface area contributed by atoms with Gasteiger partial charge in [0.1, 0.15) is 0 Å². The van der Waals surface area contributed by atoms with E-state index in [1.807, 2.05) is 0 Å². The molecule has 0 aromatic carbocycles. The minimum absolute atomic E-state index is 0.0937. The fourth-order valence-corrected chi connectivity index (χ4v) is 2.95. The van der Waals surface area contributed by atoms with Gasteiger partial charge in [0.25, 0.3) is 0 Å². The predicted octanol–water partition coefficient (Wildman–Crippen LogP) is -0.568. The second-order valence-electron chi connectivity index (χ2n) is 6.48. The third kappa shape index (κ3) is 4.34. The van der Waals surface area contributed by atoms with Crippen LogP contribution in [0.2, 0.25) is 0 Å². The molecular weight excluding hydrogens is 296 g/mol. The van der Waals surface area contributed by atoms with Crippen molar-refractivity contribution in [3.05, 3.63) is 0 Å². The Morgan fingerprint density at radius 2 is 2.13 bits per heavy atom. The average Bonchev–Trinajstić information content (AvgIpc) is 3.03. The van der Waals surface area contributed by atoms with Crippen LogP contribution in [-0.4, -0.2) is 79.6 Å². The number of aliphatic imine (C=N–C) groups is 1. The van der Waals surface area contributed by atoms with Gasteiger partial charge in [0.15, 0.2) is 5.96 Å². The summed E-state index contributed by atoms with van der Waals surface area (Å²) in [6.45, 7) is 9.64. The molecule has 0 radical (unpaired) electrons. The molecule has 2 unspecified atom stereocenters. The van der Waals surface area contributed by atoms with Crippen LogP contribution in [0.3, 0.4) is 0 Å². The van der Waals surface area contributed by atoms with Crippen LogP contribution in [0.1, 0.15) is 20.8 Å². The van der Waals surface area contributed by atoms with Gasteiger partial charge in [-0.1, -0.05) is 6.92 Å². The maximum atomic E-state index is 11.5. The lowest BCUT2D eigenvalue weighted by Gasteiger charge is -2.22. The summed E-state index contributed by atoms with van der Waals surface area (Å²) in [5, 5.41) is 9.13. The molecule has 2 rings (SSSR count). The minimum Gasteiger partial charge on any atom is -0.355 e. The quantitative estimate of drug-likeness (QED) is 0.358. The van der Waals surface area contributed by atoms with Gasteiger partial charge in [-0.2, -0.15) is 0 Å². The van der Waals surface area contributed by atoms with Crippen molar-refractivity contribution >= 4 is 17.9 Å². The van der Waals surface area contributed by atoms with E-state index in [0.29, 0.717) is 37.1 Å². The Kier molecular flexibility index (Phi) is 5.81. The van der Waals surface area contributed by atoms with E-state index in [2.05, 4.69) is 46.6 Å². The van der Waals surface area contributed by atoms with Gasteiger partial charge in [-0.05, 0) is 19.8 Å². The van der Waals surface area contributed by atoms with Gasteiger partial charge in [-0.15, -0.1) is 0 Å². The zero-order chi connectivity index (χ0) is 17.0. The van der Waals surface area contributed by atoms with Crippen molar-refractivity contribution in [1.29, 1.82) is 0 Å². The predicted molar refractivity (Wildman–Crippen MR) is 89.3 cm³/mol. The molecule has 130 valence electrons. The molecule has 2 saturated heterocycles. The zero-order valence-electron chi connectivity index (χ0n) is 14.4. The molecule has 3 amide bonds. The number of urea groups is 1. The Morgan fingerprint density at radius 3 is 2.65 bits per heavy atom. The van der Waals surface area contributed by atoms with Crippen molar-refractivity contribution in [3.63, 3.8) is 0 Å². The summed E-state index contributed by atoms with van der Waals surface area (Å²) < 4.78 is 0. The molecule has 2 aliphatic rings. The highest BCUT2D eigenvalue weighted by atomic mass is 16.2. The molecule has 2 aliphatic heterocycles. The van der Waals surface area contributed by atoms with Gasteiger partial charge in [0.2, 0.25) is 5.91 Å². The third-order valence-electron chi connectivity index (χ3n) is 4.48. The Bertz CT molecular complexity index is 463. The van der Waals surface area contributed by atoms with Crippen molar-refractivity contribution in [2.45, 2.75) is 32.9 Å². The highest BCUT2D eigenvalue weighted by Gasteiger charge is 2.31. The van der Waals surface area contributed by atoms with Crippen LogP contribution in [0, 0.1) is 5.92 Å². The molecule has 23 heavy (non-hydrogen) atoms. The van der Waals surface area contributed by atoms with E-state index in [1.165, 1.54) is 4.90 Å². The number of amides is 3. The molecular formula is C15H28N6O2. The van der Waals surface area contributed by atoms with Crippen LogP contribution in [0.15, 0.2) is 4.99 Å². The summed E-state index contributed by atoms with van der Waals surface area (Å²) in [6.07, 6.45) is 0. The number of hydrogen-bond donors (Lipinski definition) is 3. The Morgan fingerprint density at radius 1 is 1.39 bits per heavy atom. The normalized spacial score (nSPS) is 26.1. The summed E-state index contributed by atoms with van der Waals surface area (Å²) in [5.74, 6) is 1.07. The van der Waals surface area contributed by atoms with Crippen molar-refractivity contribution in [1.82, 2.24) is 25.8 Å². The van der Waals surface area contributed by atoms with Crippen molar-refractivity contribution < 1.29 is 9.59 Å². The molecule has 8 nitrogen and oxygen atoms in total. The number of carbonyl (C=O) groups is 2. The van der Waals surface area contributed by atoms with Gasteiger partial charge >= 0.3 is 6.03 Å². The Balaban J connectivity index is 1.78. The van der Waals surface area contributed by atoms with Crippen LogP contribution >= 0.6 is 0 Å².